The van der Waals surface area contributed by atoms with Crippen molar-refractivity contribution in [1.29, 1.82) is 0 Å². The van der Waals surface area contributed by atoms with Gasteiger partial charge in [-0.2, -0.15) is 0 Å². The van der Waals surface area contributed by atoms with Crippen molar-refractivity contribution in [2.45, 2.75) is 38.3 Å². The van der Waals surface area contributed by atoms with Crippen LogP contribution in [0.2, 0.25) is 0 Å². The zero-order chi connectivity index (χ0) is 19.3. The van der Waals surface area contributed by atoms with E-state index in [9.17, 15) is 9.59 Å². The maximum Gasteiger partial charge on any atom is 0.261 e. The van der Waals surface area contributed by atoms with E-state index >= 15 is 0 Å². The van der Waals surface area contributed by atoms with Gasteiger partial charge in [0.25, 0.3) is 11.8 Å². The molecule has 0 atom stereocenters. The van der Waals surface area contributed by atoms with Gasteiger partial charge in [0, 0.05) is 31.2 Å². The van der Waals surface area contributed by atoms with Crippen LogP contribution >= 0.6 is 23.7 Å². The maximum atomic E-state index is 12.8. The number of nitrogens with one attached hydrogen (secondary N) is 2. The Bertz CT molecular complexity index is 798. The molecule has 29 heavy (non-hydrogen) atoms. The lowest BCUT2D eigenvalue weighted by Gasteiger charge is -2.32. The third-order valence-electron chi connectivity index (χ3n) is 5.57. The number of nitrogens with zero attached hydrogens (tertiary/aromatic N) is 1. The molecule has 0 spiro atoms. The minimum atomic E-state index is -0.0617. The molecule has 2 fully saturated rings. The van der Waals surface area contributed by atoms with Gasteiger partial charge in [-0.05, 0) is 67.3 Å². The first kappa shape index (κ1) is 21.8. The van der Waals surface area contributed by atoms with Gasteiger partial charge in [0.2, 0.25) is 0 Å². The van der Waals surface area contributed by atoms with Crippen molar-refractivity contribution < 1.29 is 9.59 Å². The number of carbonyl (C=O) groups is 2. The van der Waals surface area contributed by atoms with Gasteiger partial charge >= 0.3 is 0 Å². The topological polar surface area (TPSA) is 61.4 Å². The molecule has 1 aliphatic heterocycles. The Kier molecular flexibility index (Phi) is 7.70. The highest BCUT2D eigenvalue weighted by Crippen LogP contribution is 2.28. The lowest BCUT2D eigenvalue weighted by atomic mass is 10.0. The summed E-state index contributed by atoms with van der Waals surface area (Å²) in [7, 11) is 0. The summed E-state index contributed by atoms with van der Waals surface area (Å²) in [5, 5.41) is 8.45. The van der Waals surface area contributed by atoms with Crippen molar-refractivity contribution in [2.24, 2.45) is 5.92 Å². The van der Waals surface area contributed by atoms with Crippen molar-refractivity contribution >= 4 is 35.6 Å². The smallest absolute Gasteiger partial charge is 0.261 e. The zero-order valence-electron chi connectivity index (χ0n) is 16.4. The van der Waals surface area contributed by atoms with Crippen LogP contribution in [0.4, 0.5) is 0 Å². The molecule has 4 rings (SSSR count). The van der Waals surface area contributed by atoms with Gasteiger partial charge < -0.3 is 15.5 Å². The van der Waals surface area contributed by atoms with Crippen LogP contribution in [-0.2, 0) is 6.54 Å². The predicted octanol–water partition coefficient (Wildman–Crippen LogP) is 3.70. The number of piperidine rings is 1. The summed E-state index contributed by atoms with van der Waals surface area (Å²) in [5.74, 6) is 0.941. The molecule has 1 aromatic heterocycles. The normalized spacial score (nSPS) is 16.9. The van der Waals surface area contributed by atoms with Crippen LogP contribution in [0.5, 0.6) is 0 Å². The van der Waals surface area contributed by atoms with Gasteiger partial charge in [0.05, 0.1) is 4.88 Å². The Morgan fingerprint density at radius 2 is 1.76 bits per heavy atom. The molecule has 2 amide bonds. The monoisotopic (exact) mass is 433 g/mol. The minimum Gasteiger partial charge on any atom is -0.347 e. The lowest BCUT2D eigenvalue weighted by molar-refractivity contribution is 0.0704. The third-order valence-corrected chi connectivity index (χ3v) is 6.44. The van der Waals surface area contributed by atoms with E-state index in [0.29, 0.717) is 17.5 Å². The van der Waals surface area contributed by atoms with E-state index in [-0.39, 0.29) is 24.2 Å². The molecule has 0 radical (unpaired) electrons. The quantitative estimate of drug-likeness (QED) is 0.699. The Morgan fingerprint density at radius 1 is 1.03 bits per heavy atom. The summed E-state index contributed by atoms with van der Waals surface area (Å²) in [6, 6.07) is 11.8. The van der Waals surface area contributed by atoms with Gasteiger partial charge in [-0.1, -0.05) is 18.2 Å². The average Bonchev–Trinajstić information content (AvgIpc) is 3.41. The summed E-state index contributed by atoms with van der Waals surface area (Å²) < 4.78 is 0. The van der Waals surface area contributed by atoms with Crippen molar-refractivity contribution in [3.63, 3.8) is 0 Å². The molecule has 0 bridgehead atoms. The molecular weight excluding hydrogens is 406 g/mol. The number of likely N-dealkylation sites (tertiary alicyclic amines) is 1. The van der Waals surface area contributed by atoms with Crippen LogP contribution in [0.25, 0.3) is 0 Å². The summed E-state index contributed by atoms with van der Waals surface area (Å²) in [6.45, 7) is 3.24. The number of halogens is 1. The molecule has 1 aliphatic carbocycles. The number of carbonyl (C=O) groups excluding carboxylic acids is 2. The van der Waals surface area contributed by atoms with Crippen molar-refractivity contribution in [3.8, 4) is 0 Å². The molecule has 1 saturated carbocycles. The van der Waals surface area contributed by atoms with E-state index in [0.717, 1.165) is 49.5 Å². The van der Waals surface area contributed by atoms with Crippen LogP contribution in [0.15, 0.2) is 41.8 Å². The van der Waals surface area contributed by atoms with Gasteiger partial charge in [-0.3, -0.25) is 9.59 Å². The second-order valence-electron chi connectivity index (χ2n) is 7.78. The number of benzene rings is 1. The number of thiophene rings is 1. The minimum absolute atomic E-state index is 0. The van der Waals surface area contributed by atoms with E-state index < -0.39 is 0 Å². The number of hydrogen-bond donors (Lipinski definition) is 2. The molecule has 1 aromatic carbocycles. The van der Waals surface area contributed by atoms with E-state index in [1.165, 1.54) is 24.2 Å². The summed E-state index contributed by atoms with van der Waals surface area (Å²) in [6.07, 6.45) is 4.81. The number of amides is 2. The summed E-state index contributed by atoms with van der Waals surface area (Å²) in [4.78, 5) is 27.4. The fourth-order valence-electron chi connectivity index (χ4n) is 3.57. The van der Waals surface area contributed by atoms with Crippen LogP contribution in [0.3, 0.4) is 0 Å². The van der Waals surface area contributed by atoms with Crippen LogP contribution in [0, 0.1) is 5.92 Å². The van der Waals surface area contributed by atoms with Crippen molar-refractivity contribution in [1.82, 2.24) is 15.5 Å². The first-order chi connectivity index (χ1) is 13.7. The van der Waals surface area contributed by atoms with Gasteiger partial charge in [0.1, 0.15) is 0 Å². The molecule has 156 valence electrons. The van der Waals surface area contributed by atoms with Crippen molar-refractivity contribution in [2.75, 3.05) is 19.6 Å². The third kappa shape index (κ3) is 6.04. The van der Waals surface area contributed by atoms with E-state index in [2.05, 4.69) is 10.6 Å². The Labute approximate surface area is 182 Å². The molecule has 2 heterocycles. The summed E-state index contributed by atoms with van der Waals surface area (Å²) in [5.41, 5.74) is 1.71. The molecule has 2 aliphatic rings. The molecule has 2 N–H and O–H groups in total. The lowest BCUT2D eigenvalue weighted by Crippen LogP contribution is -2.45. The summed E-state index contributed by atoms with van der Waals surface area (Å²) >= 11 is 1.43. The first-order valence-corrected chi connectivity index (χ1v) is 11.0. The molecule has 1 saturated heterocycles. The van der Waals surface area contributed by atoms with Gasteiger partial charge in [-0.25, -0.2) is 0 Å². The fraction of sp³-hybridized carbons (Fsp3) is 0.455. The highest BCUT2D eigenvalue weighted by Gasteiger charge is 2.26. The molecule has 5 nitrogen and oxygen atoms in total. The van der Waals surface area contributed by atoms with E-state index in [4.69, 9.17) is 0 Å². The fourth-order valence-corrected chi connectivity index (χ4v) is 4.21. The molecular formula is C22H28ClN3O2S. The predicted molar refractivity (Wildman–Crippen MR) is 119 cm³/mol. The number of rotatable bonds is 7. The average molecular weight is 434 g/mol. The second-order valence-corrected chi connectivity index (χ2v) is 8.72. The maximum absolute atomic E-state index is 12.8. The molecule has 7 heteroatoms. The zero-order valence-corrected chi connectivity index (χ0v) is 18.1. The highest BCUT2D eigenvalue weighted by molar-refractivity contribution is 7.12. The first-order valence-electron chi connectivity index (χ1n) is 10.1. The molecule has 2 aromatic rings. The van der Waals surface area contributed by atoms with E-state index in [1.54, 1.807) is 0 Å². The Morgan fingerprint density at radius 3 is 2.38 bits per heavy atom. The SMILES string of the molecule is Cl.O=C(NCc1ccc(C(=O)N2CCC(NCC3CC3)CC2)cc1)c1cccs1. The highest BCUT2D eigenvalue weighted by atomic mass is 35.5. The van der Waals surface area contributed by atoms with Crippen LogP contribution in [-0.4, -0.2) is 42.4 Å². The largest absolute Gasteiger partial charge is 0.347 e. The van der Waals surface area contributed by atoms with Crippen molar-refractivity contribution in [3.05, 3.63) is 57.8 Å². The van der Waals surface area contributed by atoms with Crippen LogP contribution in [0.1, 0.15) is 51.3 Å². The Balaban J connectivity index is 0.00000240. The second kappa shape index (κ2) is 10.2. The Hall–Kier alpha value is -1.89. The number of hydrogen-bond acceptors (Lipinski definition) is 4. The standard InChI is InChI=1S/C22H27N3O2S.ClH/c26-21(20-2-1-13-28-20)24-15-17-5-7-18(8-6-17)22(27)25-11-9-19(10-12-25)23-14-16-3-4-16;/h1-2,5-8,13,16,19,23H,3-4,9-12,14-15H2,(H,24,26);1H. The van der Waals surface area contributed by atoms with Gasteiger partial charge in [0.15, 0.2) is 0 Å². The van der Waals surface area contributed by atoms with E-state index in [1.807, 2.05) is 46.7 Å². The van der Waals surface area contributed by atoms with Crippen LogP contribution < -0.4 is 10.6 Å². The molecule has 0 unspecified atom stereocenters. The van der Waals surface area contributed by atoms with Gasteiger partial charge in [-0.15, -0.1) is 23.7 Å².